The van der Waals surface area contributed by atoms with Gasteiger partial charge in [0.25, 0.3) is 0 Å². The van der Waals surface area contributed by atoms with E-state index >= 15 is 0 Å². The number of carbonyl (C=O) groups excluding carboxylic acids is 2. The van der Waals surface area contributed by atoms with Crippen LogP contribution >= 0.6 is 11.3 Å². The van der Waals surface area contributed by atoms with Crippen molar-refractivity contribution in [2.45, 2.75) is 46.0 Å². The number of amides is 1. The van der Waals surface area contributed by atoms with Crippen LogP contribution in [-0.4, -0.2) is 19.0 Å². The van der Waals surface area contributed by atoms with Crippen molar-refractivity contribution in [3.8, 4) is 11.1 Å². The molecule has 2 rings (SSSR count). The molecule has 0 aliphatic rings. The molecule has 25 heavy (non-hydrogen) atoms. The smallest absolute Gasteiger partial charge is 0.341 e. The van der Waals surface area contributed by atoms with E-state index in [2.05, 4.69) is 12.2 Å². The Labute approximate surface area is 153 Å². The number of methoxy groups -OCH3 is 1. The predicted molar refractivity (Wildman–Crippen MR) is 103 cm³/mol. The molecular formula is C20H25NO3S. The summed E-state index contributed by atoms with van der Waals surface area (Å²) in [7, 11) is 1.36. The molecule has 0 saturated heterocycles. The lowest BCUT2D eigenvalue weighted by Crippen LogP contribution is -2.13. The van der Waals surface area contributed by atoms with Gasteiger partial charge in [0.1, 0.15) is 10.6 Å². The zero-order chi connectivity index (χ0) is 18.2. The van der Waals surface area contributed by atoms with Gasteiger partial charge in [-0.1, -0.05) is 56.0 Å². The van der Waals surface area contributed by atoms with Crippen LogP contribution in [0.3, 0.4) is 0 Å². The van der Waals surface area contributed by atoms with Crippen molar-refractivity contribution in [1.29, 1.82) is 0 Å². The maximum atomic E-state index is 12.3. The number of rotatable bonds is 8. The van der Waals surface area contributed by atoms with Crippen LogP contribution in [0.1, 0.15) is 54.9 Å². The van der Waals surface area contributed by atoms with Crippen molar-refractivity contribution < 1.29 is 14.3 Å². The van der Waals surface area contributed by atoms with Crippen LogP contribution < -0.4 is 5.32 Å². The van der Waals surface area contributed by atoms with E-state index in [4.69, 9.17) is 4.74 Å². The quantitative estimate of drug-likeness (QED) is 0.506. The van der Waals surface area contributed by atoms with Gasteiger partial charge >= 0.3 is 5.97 Å². The van der Waals surface area contributed by atoms with E-state index in [0.29, 0.717) is 17.0 Å². The minimum Gasteiger partial charge on any atom is -0.465 e. The fraction of sp³-hybridized carbons (Fsp3) is 0.400. The number of thiophene rings is 1. The third-order valence-electron chi connectivity index (χ3n) is 4.05. The SMILES string of the molecule is CCCCCCC(=O)Nc1scc(-c2ccc(C)cc2)c1C(=O)OC. The third-order valence-corrected chi connectivity index (χ3v) is 4.95. The van der Waals surface area contributed by atoms with Crippen LogP contribution in [0.15, 0.2) is 29.6 Å². The Morgan fingerprint density at radius 2 is 1.84 bits per heavy atom. The number of hydrogen-bond donors (Lipinski definition) is 1. The van der Waals surface area contributed by atoms with Crippen LogP contribution in [0.4, 0.5) is 5.00 Å². The summed E-state index contributed by atoms with van der Waals surface area (Å²) in [4.78, 5) is 24.4. The average Bonchev–Trinajstić information content (AvgIpc) is 3.02. The molecule has 1 aromatic heterocycles. The molecule has 0 spiro atoms. The molecule has 1 heterocycles. The summed E-state index contributed by atoms with van der Waals surface area (Å²) < 4.78 is 4.93. The van der Waals surface area contributed by atoms with E-state index < -0.39 is 5.97 Å². The number of benzene rings is 1. The van der Waals surface area contributed by atoms with Gasteiger partial charge in [0.2, 0.25) is 5.91 Å². The number of esters is 1. The number of carbonyl (C=O) groups is 2. The molecule has 1 aromatic carbocycles. The summed E-state index contributed by atoms with van der Waals surface area (Å²) in [5.41, 5.74) is 3.31. The fourth-order valence-corrected chi connectivity index (χ4v) is 3.58. The van der Waals surface area contributed by atoms with Crippen LogP contribution in [-0.2, 0) is 9.53 Å². The second-order valence-corrected chi connectivity index (χ2v) is 6.95. The molecule has 134 valence electrons. The van der Waals surface area contributed by atoms with Crippen LogP contribution in [0.25, 0.3) is 11.1 Å². The molecule has 0 radical (unpaired) electrons. The van der Waals surface area contributed by atoms with Crippen molar-refractivity contribution in [3.05, 3.63) is 40.8 Å². The van der Waals surface area contributed by atoms with Gasteiger partial charge in [-0.2, -0.15) is 0 Å². The first kappa shape index (κ1) is 19.2. The maximum absolute atomic E-state index is 12.3. The summed E-state index contributed by atoms with van der Waals surface area (Å²) in [6, 6.07) is 7.94. The van der Waals surface area contributed by atoms with Crippen LogP contribution in [0.2, 0.25) is 0 Å². The first-order valence-electron chi connectivity index (χ1n) is 8.63. The monoisotopic (exact) mass is 359 g/mol. The van der Waals surface area contributed by atoms with Crippen molar-refractivity contribution in [3.63, 3.8) is 0 Å². The van der Waals surface area contributed by atoms with E-state index in [1.54, 1.807) is 0 Å². The maximum Gasteiger partial charge on any atom is 0.341 e. The number of aryl methyl sites for hydroxylation is 1. The molecule has 0 atom stereocenters. The molecule has 2 aromatic rings. The van der Waals surface area contributed by atoms with Gasteiger partial charge in [0.05, 0.1) is 7.11 Å². The molecule has 0 aliphatic carbocycles. The zero-order valence-corrected chi connectivity index (χ0v) is 15.9. The van der Waals surface area contributed by atoms with Gasteiger partial charge in [-0.25, -0.2) is 4.79 Å². The normalized spacial score (nSPS) is 10.5. The molecule has 0 saturated carbocycles. The number of hydrogen-bond acceptors (Lipinski definition) is 4. The van der Waals surface area contributed by atoms with Gasteiger partial charge < -0.3 is 10.1 Å². The first-order chi connectivity index (χ1) is 12.1. The topological polar surface area (TPSA) is 55.4 Å². The highest BCUT2D eigenvalue weighted by molar-refractivity contribution is 7.15. The lowest BCUT2D eigenvalue weighted by Gasteiger charge is -2.08. The lowest BCUT2D eigenvalue weighted by atomic mass is 10.0. The largest absolute Gasteiger partial charge is 0.465 e. The van der Waals surface area contributed by atoms with E-state index in [9.17, 15) is 9.59 Å². The predicted octanol–water partition coefficient (Wildman–Crippen LogP) is 5.42. The summed E-state index contributed by atoms with van der Waals surface area (Å²) >= 11 is 1.36. The standard InChI is InChI=1S/C20H25NO3S/c1-4-5-6-7-8-17(22)21-19-18(20(23)24-3)16(13-25-19)15-11-9-14(2)10-12-15/h9-13H,4-8H2,1-3H3,(H,21,22). The minimum atomic E-state index is -0.432. The van der Waals surface area contributed by atoms with Crippen molar-refractivity contribution in [2.75, 3.05) is 12.4 Å². The summed E-state index contributed by atoms with van der Waals surface area (Å²) in [5.74, 6) is -0.489. The molecule has 1 amide bonds. The van der Waals surface area contributed by atoms with Crippen molar-refractivity contribution in [1.82, 2.24) is 0 Å². The van der Waals surface area contributed by atoms with Crippen LogP contribution in [0.5, 0.6) is 0 Å². The summed E-state index contributed by atoms with van der Waals surface area (Å²) in [6.07, 6.45) is 4.66. The number of anilines is 1. The highest BCUT2D eigenvalue weighted by atomic mass is 32.1. The van der Waals surface area contributed by atoms with Gasteiger partial charge in [-0.3, -0.25) is 4.79 Å². The van der Waals surface area contributed by atoms with Crippen molar-refractivity contribution >= 4 is 28.2 Å². The zero-order valence-electron chi connectivity index (χ0n) is 15.1. The molecule has 0 unspecified atom stereocenters. The molecule has 5 heteroatoms. The molecule has 1 N–H and O–H groups in total. The number of ether oxygens (including phenoxy) is 1. The van der Waals surface area contributed by atoms with E-state index in [0.717, 1.165) is 42.4 Å². The Bertz CT molecular complexity index is 719. The van der Waals surface area contributed by atoms with Crippen LogP contribution in [0, 0.1) is 6.92 Å². The highest BCUT2D eigenvalue weighted by Gasteiger charge is 2.22. The Morgan fingerprint density at radius 1 is 1.12 bits per heavy atom. The second-order valence-electron chi connectivity index (χ2n) is 6.07. The average molecular weight is 359 g/mol. The van der Waals surface area contributed by atoms with Crippen molar-refractivity contribution in [2.24, 2.45) is 0 Å². The Hall–Kier alpha value is -2.14. The summed E-state index contributed by atoms with van der Waals surface area (Å²) in [5, 5.41) is 5.33. The van der Waals surface area contributed by atoms with Gasteiger partial charge in [-0.05, 0) is 18.9 Å². The first-order valence-corrected chi connectivity index (χ1v) is 9.51. The molecular weight excluding hydrogens is 334 g/mol. The highest BCUT2D eigenvalue weighted by Crippen LogP contribution is 2.36. The molecule has 4 nitrogen and oxygen atoms in total. The molecule has 0 aliphatic heterocycles. The fourth-order valence-electron chi connectivity index (χ4n) is 2.60. The Morgan fingerprint density at radius 3 is 2.48 bits per heavy atom. The van der Waals surface area contributed by atoms with E-state index in [-0.39, 0.29) is 5.91 Å². The minimum absolute atomic E-state index is 0.0569. The third kappa shape index (κ3) is 5.16. The second kappa shape index (κ2) is 9.37. The van der Waals surface area contributed by atoms with Gasteiger partial charge in [-0.15, -0.1) is 11.3 Å². The number of nitrogens with one attached hydrogen (secondary N) is 1. The van der Waals surface area contributed by atoms with E-state index in [1.807, 2.05) is 36.6 Å². The van der Waals surface area contributed by atoms with Gasteiger partial charge in [0.15, 0.2) is 0 Å². The Kier molecular flexibility index (Phi) is 7.19. The Balaban J connectivity index is 2.19. The van der Waals surface area contributed by atoms with E-state index in [1.165, 1.54) is 18.4 Å². The number of unbranched alkanes of at least 4 members (excludes halogenated alkanes) is 3. The summed E-state index contributed by atoms with van der Waals surface area (Å²) in [6.45, 7) is 4.16. The molecule has 0 fully saturated rings. The molecule has 0 bridgehead atoms. The lowest BCUT2D eigenvalue weighted by molar-refractivity contribution is -0.116. The van der Waals surface area contributed by atoms with Gasteiger partial charge in [0, 0.05) is 17.4 Å².